The molecular weight excluding hydrogens is 502 g/mol. The Morgan fingerprint density at radius 3 is 2.30 bits per heavy atom. The summed E-state index contributed by atoms with van der Waals surface area (Å²) >= 11 is 0. The van der Waals surface area contributed by atoms with Gasteiger partial charge in [0.05, 0.1) is 13.2 Å². The van der Waals surface area contributed by atoms with E-state index in [0.29, 0.717) is 17.0 Å². The molecule has 2 heterocycles. The van der Waals surface area contributed by atoms with Gasteiger partial charge in [0.2, 0.25) is 0 Å². The van der Waals surface area contributed by atoms with Gasteiger partial charge in [0, 0.05) is 63.3 Å². The van der Waals surface area contributed by atoms with Gasteiger partial charge < -0.3 is 29.7 Å². The number of amides is 2. The van der Waals surface area contributed by atoms with E-state index in [1.165, 1.54) is 0 Å². The molecule has 1 aliphatic rings. The number of aromatic nitrogens is 1. The quantitative estimate of drug-likeness (QED) is 0.414. The summed E-state index contributed by atoms with van der Waals surface area (Å²) in [6, 6.07) is 13.7. The number of rotatable bonds is 8. The smallest absolute Gasteiger partial charge is 0.267 e. The lowest BCUT2D eigenvalue weighted by atomic mass is 10.00. The highest BCUT2D eigenvalue weighted by Gasteiger charge is 2.20. The highest BCUT2D eigenvalue weighted by Crippen LogP contribution is 2.30. The summed E-state index contributed by atoms with van der Waals surface area (Å²) in [5, 5.41) is 5.86. The molecule has 8 heteroatoms. The van der Waals surface area contributed by atoms with Gasteiger partial charge in [0.1, 0.15) is 11.4 Å². The molecule has 216 valence electrons. The number of hydrogen-bond donors (Lipinski definition) is 2. The van der Waals surface area contributed by atoms with E-state index in [9.17, 15) is 9.59 Å². The number of aryl methyl sites for hydroxylation is 2. The molecular formula is C32H45N5O3. The maximum absolute atomic E-state index is 13.4. The van der Waals surface area contributed by atoms with Crippen molar-refractivity contribution in [2.75, 3.05) is 51.8 Å². The molecule has 3 aromatic rings. The van der Waals surface area contributed by atoms with Crippen molar-refractivity contribution in [3.05, 3.63) is 71.0 Å². The molecule has 1 fully saturated rings. The van der Waals surface area contributed by atoms with Crippen LogP contribution in [0.1, 0.15) is 65.7 Å². The van der Waals surface area contributed by atoms with E-state index in [0.717, 1.165) is 60.7 Å². The molecule has 1 aliphatic heterocycles. The maximum Gasteiger partial charge on any atom is 0.267 e. The first kappa shape index (κ1) is 30.8. The van der Waals surface area contributed by atoms with Crippen LogP contribution >= 0.6 is 0 Å². The number of nitrogens with zero attached hydrogens (tertiary/aromatic N) is 3. The molecule has 2 aromatic carbocycles. The zero-order chi connectivity index (χ0) is 29.4. The molecule has 1 unspecified atom stereocenters. The van der Waals surface area contributed by atoms with Crippen LogP contribution in [0.5, 0.6) is 5.75 Å². The summed E-state index contributed by atoms with van der Waals surface area (Å²) in [5.74, 6) is 0.440. The predicted molar refractivity (Wildman–Crippen MR) is 164 cm³/mol. The number of carbonyl (C=O) groups excluding carboxylic acids is 2. The van der Waals surface area contributed by atoms with Gasteiger partial charge in [-0.05, 0) is 73.5 Å². The van der Waals surface area contributed by atoms with Crippen molar-refractivity contribution in [1.82, 2.24) is 20.1 Å². The lowest BCUT2D eigenvalue weighted by Gasteiger charge is -2.35. The molecule has 4 rings (SSSR count). The second kappa shape index (κ2) is 14.0. The predicted octanol–water partition coefficient (Wildman–Crippen LogP) is 5.03. The molecule has 0 saturated carbocycles. The van der Waals surface area contributed by atoms with Gasteiger partial charge in [-0.1, -0.05) is 26.8 Å². The molecule has 0 radical (unpaired) electrons. The van der Waals surface area contributed by atoms with E-state index in [1.807, 2.05) is 77.3 Å². The van der Waals surface area contributed by atoms with E-state index < -0.39 is 0 Å². The van der Waals surface area contributed by atoms with Crippen LogP contribution < -0.4 is 20.3 Å². The maximum atomic E-state index is 13.4. The molecule has 8 nitrogen and oxygen atoms in total. The number of nitrogens with one attached hydrogen (secondary N) is 2. The number of carbonyl (C=O) groups is 2. The minimum Gasteiger partial charge on any atom is -0.497 e. The number of piperazine rings is 1. The van der Waals surface area contributed by atoms with Crippen molar-refractivity contribution in [3.63, 3.8) is 0 Å². The number of ether oxygens (including phenoxy) is 1. The van der Waals surface area contributed by atoms with E-state index >= 15 is 0 Å². The lowest BCUT2D eigenvalue weighted by Crippen LogP contribution is -2.46. The summed E-state index contributed by atoms with van der Waals surface area (Å²) in [7, 11) is 5.09. The second-order valence-electron chi connectivity index (χ2n) is 9.91. The standard InChI is InChI=1S/C30H39N5O3.C2H6/c1-7-34-10-12-35(13-11-34)25-9-8-20(2)27(18-25)29(36)32-21(3)22-14-23(16-26(15-22)38-6)24-17-28(30(37)31-4)33(5)19-24;1-2/h8-9,14-19,21H,7,10-13H2,1-6H3,(H,31,37)(H,32,36);1-2H3. The third kappa shape index (κ3) is 7.04. The third-order valence-electron chi connectivity index (χ3n) is 7.46. The molecule has 2 N–H and O–H groups in total. The Labute approximate surface area is 239 Å². The van der Waals surface area contributed by atoms with Gasteiger partial charge >= 0.3 is 0 Å². The summed E-state index contributed by atoms with van der Waals surface area (Å²) in [6.07, 6.45) is 1.92. The Bertz CT molecular complexity index is 1310. The van der Waals surface area contributed by atoms with E-state index in [4.69, 9.17) is 4.74 Å². The van der Waals surface area contributed by atoms with Crippen LogP contribution in [0, 0.1) is 6.92 Å². The molecule has 40 heavy (non-hydrogen) atoms. The average molecular weight is 548 g/mol. The van der Waals surface area contributed by atoms with Gasteiger partial charge in [-0.15, -0.1) is 0 Å². The number of likely N-dealkylation sites (N-methyl/N-ethyl adjacent to an activating group) is 1. The van der Waals surface area contributed by atoms with Crippen LogP contribution in [-0.2, 0) is 7.05 Å². The van der Waals surface area contributed by atoms with Crippen LogP contribution in [0.2, 0.25) is 0 Å². The minimum atomic E-state index is -0.255. The summed E-state index contributed by atoms with van der Waals surface area (Å²) in [6.45, 7) is 15.2. The number of hydrogen-bond acceptors (Lipinski definition) is 5. The van der Waals surface area contributed by atoms with E-state index in [2.05, 4.69) is 33.4 Å². The Balaban J connectivity index is 0.00000216. The molecule has 0 aliphatic carbocycles. The highest BCUT2D eigenvalue weighted by atomic mass is 16.5. The summed E-state index contributed by atoms with van der Waals surface area (Å²) in [5.41, 5.74) is 6.02. The van der Waals surface area contributed by atoms with Crippen LogP contribution in [0.3, 0.4) is 0 Å². The molecule has 2 amide bonds. The molecule has 1 saturated heterocycles. The topological polar surface area (TPSA) is 78.8 Å². The fourth-order valence-electron chi connectivity index (χ4n) is 4.96. The monoisotopic (exact) mass is 547 g/mol. The average Bonchev–Trinajstić information content (AvgIpc) is 3.39. The Morgan fingerprint density at radius 2 is 1.68 bits per heavy atom. The Morgan fingerprint density at radius 1 is 0.975 bits per heavy atom. The number of anilines is 1. The highest BCUT2D eigenvalue weighted by molar-refractivity contribution is 5.97. The van der Waals surface area contributed by atoms with Crippen molar-refractivity contribution in [3.8, 4) is 16.9 Å². The Hall–Kier alpha value is -3.78. The minimum absolute atomic E-state index is 0.102. The molecule has 1 atom stereocenters. The first-order valence-electron chi connectivity index (χ1n) is 14.2. The van der Waals surface area contributed by atoms with Crippen LogP contribution in [0.25, 0.3) is 11.1 Å². The fourth-order valence-corrected chi connectivity index (χ4v) is 4.96. The number of benzene rings is 2. The normalized spacial score (nSPS) is 14.2. The van der Waals surface area contributed by atoms with Gasteiger partial charge in [0.15, 0.2) is 0 Å². The van der Waals surface area contributed by atoms with Crippen molar-refractivity contribution in [2.45, 2.75) is 40.7 Å². The number of methoxy groups -OCH3 is 1. The SMILES string of the molecule is CC.CCN1CCN(c2ccc(C)c(C(=O)NC(C)c3cc(OC)cc(-c4cc(C(=O)NC)n(C)c4)c3)c2)CC1. The summed E-state index contributed by atoms with van der Waals surface area (Å²) in [4.78, 5) is 30.4. The molecule has 0 spiro atoms. The van der Waals surface area contributed by atoms with Gasteiger partial charge in [-0.2, -0.15) is 0 Å². The van der Waals surface area contributed by atoms with Crippen molar-refractivity contribution < 1.29 is 14.3 Å². The Kier molecular flexibility index (Phi) is 10.8. The van der Waals surface area contributed by atoms with E-state index in [-0.39, 0.29) is 17.9 Å². The largest absolute Gasteiger partial charge is 0.497 e. The molecule has 1 aromatic heterocycles. The fraction of sp³-hybridized carbons (Fsp3) is 0.438. The van der Waals surface area contributed by atoms with Crippen LogP contribution in [-0.4, -0.2) is 68.2 Å². The van der Waals surface area contributed by atoms with Crippen molar-refractivity contribution in [2.24, 2.45) is 7.05 Å². The van der Waals surface area contributed by atoms with Crippen molar-refractivity contribution in [1.29, 1.82) is 0 Å². The third-order valence-corrected chi connectivity index (χ3v) is 7.46. The van der Waals surface area contributed by atoms with Gasteiger partial charge in [-0.3, -0.25) is 9.59 Å². The van der Waals surface area contributed by atoms with Gasteiger partial charge in [-0.25, -0.2) is 0 Å². The van der Waals surface area contributed by atoms with Crippen LogP contribution in [0.15, 0.2) is 48.7 Å². The van der Waals surface area contributed by atoms with Crippen molar-refractivity contribution >= 4 is 17.5 Å². The molecule has 0 bridgehead atoms. The zero-order valence-corrected chi connectivity index (χ0v) is 25.3. The first-order chi connectivity index (χ1) is 19.2. The van der Waals surface area contributed by atoms with E-state index in [1.54, 1.807) is 18.7 Å². The van der Waals surface area contributed by atoms with Gasteiger partial charge in [0.25, 0.3) is 11.8 Å². The van der Waals surface area contributed by atoms with Crippen LogP contribution in [0.4, 0.5) is 5.69 Å². The second-order valence-corrected chi connectivity index (χ2v) is 9.91. The zero-order valence-electron chi connectivity index (χ0n) is 25.3. The summed E-state index contributed by atoms with van der Waals surface area (Å²) < 4.78 is 7.37. The first-order valence-corrected chi connectivity index (χ1v) is 14.2. The lowest BCUT2D eigenvalue weighted by molar-refractivity contribution is 0.0935.